The van der Waals surface area contributed by atoms with Gasteiger partial charge in [0.05, 0.1) is 0 Å². The summed E-state index contributed by atoms with van der Waals surface area (Å²) in [5.74, 6) is 0.707. The average molecular weight is 228 g/mol. The minimum absolute atomic E-state index is 0.0194. The first kappa shape index (κ1) is 15.4. The van der Waals surface area contributed by atoms with Gasteiger partial charge in [0.25, 0.3) is 0 Å². The molecule has 0 saturated carbocycles. The van der Waals surface area contributed by atoms with Crippen molar-refractivity contribution in [3.8, 4) is 0 Å². The van der Waals surface area contributed by atoms with Crippen LogP contribution in [0.3, 0.4) is 0 Å². The van der Waals surface area contributed by atoms with Crippen LogP contribution in [-0.2, 0) is 4.79 Å². The summed E-state index contributed by atoms with van der Waals surface area (Å²) in [6.07, 6.45) is 2.46. The number of carbonyl (C=O) groups excluding carboxylic acids is 1. The number of nitrogens with two attached hydrogens (primary N) is 1. The van der Waals surface area contributed by atoms with Gasteiger partial charge in [0, 0.05) is 25.0 Å². The van der Waals surface area contributed by atoms with E-state index in [0.29, 0.717) is 12.3 Å². The first-order chi connectivity index (χ1) is 7.38. The molecule has 0 saturated heterocycles. The molecule has 96 valence electrons. The maximum absolute atomic E-state index is 12.1. The maximum atomic E-state index is 12.1. The summed E-state index contributed by atoms with van der Waals surface area (Å²) in [6, 6.07) is 0.287. The monoisotopic (exact) mass is 228 g/mol. The van der Waals surface area contributed by atoms with Crippen molar-refractivity contribution in [2.24, 2.45) is 11.7 Å². The molecule has 0 heterocycles. The van der Waals surface area contributed by atoms with Gasteiger partial charge in [-0.3, -0.25) is 4.79 Å². The Morgan fingerprint density at radius 2 is 1.81 bits per heavy atom. The van der Waals surface area contributed by atoms with Gasteiger partial charge in [0.2, 0.25) is 5.91 Å². The van der Waals surface area contributed by atoms with E-state index >= 15 is 0 Å². The average Bonchev–Trinajstić information content (AvgIpc) is 2.13. The predicted octanol–water partition coefficient (Wildman–Crippen LogP) is 2.40. The molecule has 0 aromatic heterocycles. The van der Waals surface area contributed by atoms with Gasteiger partial charge in [-0.15, -0.1) is 0 Å². The van der Waals surface area contributed by atoms with E-state index in [1.807, 2.05) is 4.90 Å². The second-order valence-electron chi connectivity index (χ2n) is 5.29. The van der Waals surface area contributed by atoms with Gasteiger partial charge < -0.3 is 10.6 Å². The van der Waals surface area contributed by atoms with E-state index in [9.17, 15) is 4.79 Å². The molecule has 0 aromatic carbocycles. The molecule has 1 unspecified atom stereocenters. The topological polar surface area (TPSA) is 46.3 Å². The lowest BCUT2D eigenvalue weighted by Crippen LogP contribution is -2.42. The lowest BCUT2D eigenvalue weighted by atomic mass is 10.1. The molecule has 0 fully saturated rings. The Labute approximate surface area is 100 Å². The molecule has 0 bridgehead atoms. The van der Waals surface area contributed by atoms with Crippen molar-refractivity contribution in [1.82, 2.24) is 4.90 Å². The van der Waals surface area contributed by atoms with Gasteiger partial charge >= 0.3 is 0 Å². The van der Waals surface area contributed by atoms with Crippen LogP contribution in [-0.4, -0.2) is 29.4 Å². The van der Waals surface area contributed by atoms with Crippen molar-refractivity contribution >= 4 is 5.91 Å². The van der Waals surface area contributed by atoms with Crippen molar-refractivity contribution in [1.29, 1.82) is 0 Å². The molecular formula is C13H28N2O. The van der Waals surface area contributed by atoms with Gasteiger partial charge in [0.1, 0.15) is 0 Å². The Hall–Kier alpha value is -0.570. The zero-order valence-electron chi connectivity index (χ0n) is 11.5. The molecule has 3 heteroatoms. The molecular weight excluding hydrogens is 200 g/mol. The van der Waals surface area contributed by atoms with Gasteiger partial charge in [-0.2, -0.15) is 0 Å². The van der Waals surface area contributed by atoms with Crippen molar-refractivity contribution < 1.29 is 4.79 Å². The lowest BCUT2D eigenvalue weighted by Gasteiger charge is -2.29. The molecule has 16 heavy (non-hydrogen) atoms. The van der Waals surface area contributed by atoms with Gasteiger partial charge in [-0.25, -0.2) is 0 Å². The summed E-state index contributed by atoms with van der Waals surface area (Å²) in [4.78, 5) is 14.0. The third-order valence-corrected chi connectivity index (χ3v) is 2.60. The standard InChI is InChI=1S/C13H28N2O/c1-6-7-12(14)8-13(16)15(11(4)5)9-10(2)3/h10-12H,6-9,14H2,1-5H3. The Morgan fingerprint density at radius 3 is 2.19 bits per heavy atom. The van der Waals surface area contributed by atoms with Crippen LogP contribution >= 0.6 is 0 Å². The minimum Gasteiger partial charge on any atom is -0.340 e. The fraction of sp³-hybridized carbons (Fsp3) is 0.923. The third-order valence-electron chi connectivity index (χ3n) is 2.60. The first-order valence-electron chi connectivity index (χ1n) is 6.43. The van der Waals surface area contributed by atoms with Crippen LogP contribution in [0.1, 0.15) is 53.9 Å². The number of amides is 1. The van der Waals surface area contributed by atoms with Crippen molar-refractivity contribution in [2.75, 3.05) is 6.54 Å². The predicted molar refractivity (Wildman–Crippen MR) is 69.2 cm³/mol. The Morgan fingerprint density at radius 1 is 1.25 bits per heavy atom. The smallest absolute Gasteiger partial charge is 0.224 e. The second kappa shape index (κ2) is 7.66. The molecule has 3 nitrogen and oxygen atoms in total. The molecule has 1 atom stereocenters. The van der Waals surface area contributed by atoms with Crippen LogP contribution in [0.15, 0.2) is 0 Å². The molecule has 0 spiro atoms. The SMILES string of the molecule is CCCC(N)CC(=O)N(CC(C)C)C(C)C. The number of hydrogen-bond acceptors (Lipinski definition) is 2. The zero-order chi connectivity index (χ0) is 12.7. The van der Waals surface area contributed by atoms with E-state index < -0.39 is 0 Å². The summed E-state index contributed by atoms with van der Waals surface area (Å²) in [5, 5.41) is 0. The fourth-order valence-electron chi connectivity index (χ4n) is 1.81. The van der Waals surface area contributed by atoms with Gasteiger partial charge in [-0.05, 0) is 26.2 Å². The Kier molecular flexibility index (Phi) is 7.39. The van der Waals surface area contributed by atoms with E-state index in [1.54, 1.807) is 0 Å². The van der Waals surface area contributed by atoms with Crippen LogP contribution in [0.25, 0.3) is 0 Å². The summed E-state index contributed by atoms with van der Waals surface area (Å²) < 4.78 is 0. The summed E-state index contributed by atoms with van der Waals surface area (Å²) in [6.45, 7) is 11.3. The summed E-state index contributed by atoms with van der Waals surface area (Å²) in [7, 11) is 0. The highest BCUT2D eigenvalue weighted by Gasteiger charge is 2.19. The first-order valence-corrected chi connectivity index (χ1v) is 6.43. The summed E-state index contributed by atoms with van der Waals surface area (Å²) >= 11 is 0. The van der Waals surface area contributed by atoms with Crippen molar-refractivity contribution in [3.05, 3.63) is 0 Å². The zero-order valence-corrected chi connectivity index (χ0v) is 11.5. The largest absolute Gasteiger partial charge is 0.340 e. The molecule has 0 aromatic rings. The Balaban J connectivity index is 4.27. The molecule has 2 N–H and O–H groups in total. The van der Waals surface area contributed by atoms with E-state index in [-0.39, 0.29) is 18.0 Å². The highest BCUT2D eigenvalue weighted by atomic mass is 16.2. The van der Waals surface area contributed by atoms with Gasteiger partial charge in [-0.1, -0.05) is 27.2 Å². The molecule has 1 amide bonds. The van der Waals surface area contributed by atoms with Crippen LogP contribution in [0.2, 0.25) is 0 Å². The second-order valence-corrected chi connectivity index (χ2v) is 5.29. The van der Waals surface area contributed by atoms with E-state index in [1.165, 1.54) is 0 Å². The molecule has 0 radical (unpaired) electrons. The normalized spacial score (nSPS) is 13.2. The quantitative estimate of drug-likeness (QED) is 0.727. The van der Waals surface area contributed by atoms with Crippen LogP contribution in [0, 0.1) is 5.92 Å². The Bertz CT molecular complexity index is 202. The lowest BCUT2D eigenvalue weighted by molar-refractivity contribution is -0.133. The van der Waals surface area contributed by atoms with Crippen molar-refractivity contribution in [3.63, 3.8) is 0 Å². The molecule has 0 rings (SSSR count). The molecule has 0 aliphatic carbocycles. The van der Waals surface area contributed by atoms with Crippen LogP contribution in [0.4, 0.5) is 0 Å². The molecule has 0 aliphatic rings. The third kappa shape index (κ3) is 6.11. The number of carbonyl (C=O) groups is 1. The molecule has 0 aliphatic heterocycles. The van der Waals surface area contributed by atoms with E-state index in [0.717, 1.165) is 19.4 Å². The number of hydrogen-bond donors (Lipinski definition) is 1. The van der Waals surface area contributed by atoms with Crippen LogP contribution < -0.4 is 5.73 Å². The van der Waals surface area contributed by atoms with Crippen molar-refractivity contribution in [2.45, 2.75) is 66.0 Å². The number of nitrogens with zero attached hydrogens (tertiary/aromatic N) is 1. The van der Waals surface area contributed by atoms with Gasteiger partial charge in [0.15, 0.2) is 0 Å². The number of rotatable bonds is 7. The van der Waals surface area contributed by atoms with E-state index in [4.69, 9.17) is 5.73 Å². The maximum Gasteiger partial charge on any atom is 0.224 e. The van der Waals surface area contributed by atoms with E-state index in [2.05, 4.69) is 34.6 Å². The summed E-state index contributed by atoms with van der Waals surface area (Å²) in [5.41, 5.74) is 5.91. The highest BCUT2D eigenvalue weighted by molar-refractivity contribution is 5.77. The highest BCUT2D eigenvalue weighted by Crippen LogP contribution is 2.09. The van der Waals surface area contributed by atoms with Crippen LogP contribution in [0.5, 0.6) is 0 Å². The fourth-order valence-corrected chi connectivity index (χ4v) is 1.81. The minimum atomic E-state index is 0.0194.